The van der Waals surface area contributed by atoms with Gasteiger partial charge >= 0.3 is 12.0 Å². The van der Waals surface area contributed by atoms with Gasteiger partial charge in [0, 0.05) is 47.9 Å². The van der Waals surface area contributed by atoms with Gasteiger partial charge in [0.2, 0.25) is 0 Å². The molecule has 2 saturated heterocycles. The Kier molecular flexibility index (Phi) is 9.83. The lowest BCUT2D eigenvalue weighted by molar-refractivity contribution is -0.145. The first-order valence-corrected chi connectivity index (χ1v) is 19.6. The zero-order chi connectivity index (χ0) is 35.0. The number of aromatic nitrogens is 3. The van der Waals surface area contributed by atoms with Crippen LogP contribution in [-0.4, -0.2) is 72.5 Å². The first-order valence-electron chi connectivity index (χ1n) is 17.4. The summed E-state index contributed by atoms with van der Waals surface area (Å²) in [5, 5.41) is 16.3. The van der Waals surface area contributed by atoms with Crippen molar-refractivity contribution in [1.29, 1.82) is 0 Å². The van der Waals surface area contributed by atoms with E-state index in [0.717, 1.165) is 23.8 Å². The number of piperazine rings is 1. The highest BCUT2D eigenvalue weighted by Crippen LogP contribution is 2.42. The monoisotopic (exact) mass is 683 g/mol. The standard InChI is InChI=1S/C38H46FN5O4Si/c1-8-47-32(46)21-48-38-42-36-31(37(43-38)44-19-27-12-13-28(20-44)41-27)18-40-35(34(36)39)30-17-29(45)16-26-11-9-10-25(33(26)30)14-15-49(22(2)3,23(4)5)24(6)7/h9-11,16-18,22-24,27-28,41,45H,8,12-13,19-21H2,1-7H3/t27-,28+. The number of anilines is 1. The van der Waals surface area contributed by atoms with Gasteiger partial charge in [-0.3, -0.25) is 4.98 Å². The summed E-state index contributed by atoms with van der Waals surface area (Å²) in [4.78, 5) is 28.1. The fourth-order valence-electron chi connectivity index (χ4n) is 8.12. The molecule has 4 aromatic rings. The Morgan fingerprint density at radius 2 is 1.78 bits per heavy atom. The highest BCUT2D eigenvalue weighted by molar-refractivity contribution is 6.90. The molecule has 2 atom stereocenters. The molecule has 0 aliphatic carbocycles. The molecule has 0 unspecified atom stereocenters. The van der Waals surface area contributed by atoms with Crippen molar-refractivity contribution >= 4 is 41.5 Å². The number of halogens is 1. The Morgan fingerprint density at radius 3 is 2.43 bits per heavy atom. The fourth-order valence-corrected chi connectivity index (χ4v) is 13.3. The van der Waals surface area contributed by atoms with E-state index in [0.29, 0.717) is 64.0 Å². The number of carbonyl (C=O) groups is 1. The van der Waals surface area contributed by atoms with Crippen molar-refractivity contribution in [2.24, 2.45) is 0 Å². The predicted molar refractivity (Wildman–Crippen MR) is 194 cm³/mol. The summed E-state index contributed by atoms with van der Waals surface area (Å²) in [6.45, 7) is 16.5. The van der Waals surface area contributed by atoms with E-state index in [1.54, 1.807) is 19.2 Å². The highest BCUT2D eigenvalue weighted by Gasteiger charge is 2.42. The topological polar surface area (TPSA) is 110 Å². The minimum Gasteiger partial charge on any atom is -0.508 e. The minimum absolute atomic E-state index is 0.0118. The molecule has 2 bridgehead atoms. The van der Waals surface area contributed by atoms with Crippen molar-refractivity contribution in [3.63, 3.8) is 0 Å². The van der Waals surface area contributed by atoms with E-state index >= 15 is 4.39 Å². The van der Waals surface area contributed by atoms with Crippen LogP contribution in [0.2, 0.25) is 16.6 Å². The van der Waals surface area contributed by atoms with Gasteiger partial charge in [0.1, 0.15) is 30.9 Å². The van der Waals surface area contributed by atoms with Gasteiger partial charge in [-0.2, -0.15) is 9.97 Å². The Bertz CT molecular complexity index is 1920. The summed E-state index contributed by atoms with van der Waals surface area (Å²) in [6, 6.07) is 9.44. The van der Waals surface area contributed by atoms with Gasteiger partial charge in [-0.25, -0.2) is 9.18 Å². The van der Waals surface area contributed by atoms with Crippen LogP contribution in [0, 0.1) is 17.3 Å². The number of benzene rings is 2. The Morgan fingerprint density at radius 1 is 1.08 bits per heavy atom. The number of rotatable bonds is 9. The van der Waals surface area contributed by atoms with Gasteiger partial charge < -0.3 is 24.8 Å². The molecule has 0 saturated carbocycles. The maximum Gasteiger partial charge on any atom is 0.344 e. The van der Waals surface area contributed by atoms with Gasteiger partial charge in [-0.05, 0) is 60.0 Å². The van der Waals surface area contributed by atoms with Crippen LogP contribution in [0.1, 0.15) is 66.9 Å². The van der Waals surface area contributed by atoms with Gasteiger partial charge in [-0.1, -0.05) is 59.6 Å². The maximum absolute atomic E-state index is 17.0. The first kappa shape index (κ1) is 34.6. The summed E-state index contributed by atoms with van der Waals surface area (Å²) in [6.07, 6.45) is 3.71. The van der Waals surface area contributed by atoms with E-state index < -0.39 is 26.5 Å². The summed E-state index contributed by atoms with van der Waals surface area (Å²) in [7, 11) is -2.08. The van der Waals surface area contributed by atoms with Crippen LogP contribution in [0.5, 0.6) is 11.8 Å². The number of phenolic OH excluding ortho intramolecular Hbond substituents is 1. The average molecular weight is 684 g/mol. The van der Waals surface area contributed by atoms with Crippen molar-refractivity contribution in [2.75, 3.05) is 31.2 Å². The van der Waals surface area contributed by atoms with Crippen molar-refractivity contribution in [2.45, 2.75) is 90.0 Å². The Hall–Kier alpha value is -4.27. The molecule has 9 nitrogen and oxygen atoms in total. The van der Waals surface area contributed by atoms with Crippen LogP contribution in [-0.2, 0) is 9.53 Å². The molecule has 0 spiro atoms. The number of fused-ring (bicyclic) bond motifs is 4. The lowest BCUT2D eigenvalue weighted by Gasteiger charge is -2.38. The van der Waals surface area contributed by atoms with Gasteiger partial charge in [0.05, 0.1) is 12.0 Å². The van der Waals surface area contributed by atoms with Crippen LogP contribution in [0.15, 0.2) is 36.5 Å². The van der Waals surface area contributed by atoms with Crippen molar-refractivity contribution in [3.8, 4) is 34.5 Å². The molecule has 0 radical (unpaired) electrons. The van der Waals surface area contributed by atoms with E-state index in [-0.39, 0.29) is 29.6 Å². The second-order valence-corrected chi connectivity index (χ2v) is 19.8. The molecule has 0 amide bonds. The number of pyridine rings is 1. The number of nitrogens with one attached hydrogen (secondary N) is 1. The zero-order valence-electron chi connectivity index (χ0n) is 29.4. The second-order valence-electron chi connectivity index (χ2n) is 14.2. The van der Waals surface area contributed by atoms with E-state index in [2.05, 4.69) is 78.2 Å². The maximum atomic E-state index is 17.0. The van der Waals surface area contributed by atoms with Crippen molar-refractivity contribution < 1.29 is 23.8 Å². The van der Waals surface area contributed by atoms with E-state index in [1.165, 1.54) is 6.07 Å². The molecule has 2 aromatic heterocycles. The lowest BCUT2D eigenvalue weighted by atomic mass is 9.96. The molecule has 49 heavy (non-hydrogen) atoms. The molecular formula is C38H46FN5O4Si. The Labute approximate surface area is 288 Å². The highest BCUT2D eigenvalue weighted by atomic mass is 28.3. The molecule has 2 aliphatic rings. The first-order chi connectivity index (χ1) is 23.4. The van der Waals surface area contributed by atoms with Crippen LogP contribution in [0.3, 0.4) is 0 Å². The van der Waals surface area contributed by atoms with Crippen LogP contribution >= 0.6 is 0 Å². The zero-order valence-corrected chi connectivity index (χ0v) is 30.4. The number of ether oxygens (including phenoxy) is 2. The van der Waals surface area contributed by atoms with E-state index in [1.807, 2.05) is 18.2 Å². The van der Waals surface area contributed by atoms with Gasteiger partial charge in [0.15, 0.2) is 12.4 Å². The molecular weight excluding hydrogens is 638 g/mol. The van der Waals surface area contributed by atoms with Crippen LogP contribution < -0.4 is 15.0 Å². The number of esters is 1. The number of phenols is 1. The Balaban J connectivity index is 1.53. The number of hydrogen-bond acceptors (Lipinski definition) is 9. The quantitative estimate of drug-likeness (QED) is 0.108. The third-order valence-electron chi connectivity index (χ3n) is 10.3. The normalized spacial score (nSPS) is 17.7. The van der Waals surface area contributed by atoms with Gasteiger partial charge in [0.25, 0.3) is 0 Å². The lowest BCUT2D eigenvalue weighted by Crippen LogP contribution is -2.51. The largest absolute Gasteiger partial charge is 0.508 e. The molecule has 11 heteroatoms. The van der Waals surface area contributed by atoms with Crippen molar-refractivity contribution in [1.82, 2.24) is 20.3 Å². The smallest absolute Gasteiger partial charge is 0.344 e. The third-order valence-corrected chi connectivity index (χ3v) is 16.6. The van der Waals surface area contributed by atoms with E-state index in [4.69, 9.17) is 9.47 Å². The van der Waals surface area contributed by atoms with Crippen LogP contribution in [0.25, 0.3) is 32.9 Å². The number of carbonyl (C=O) groups excluding carboxylic acids is 1. The molecule has 2 aliphatic heterocycles. The molecule has 4 heterocycles. The second kappa shape index (κ2) is 13.9. The molecule has 2 N–H and O–H groups in total. The number of nitrogens with zero attached hydrogens (tertiary/aromatic N) is 4. The fraction of sp³-hybridized carbons (Fsp3) is 0.474. The summed E-state index contributed by atoms with van der Waals surface area (Å²) in [5.41, 5.74) is 6.35. The summed E-state index contributed by atoms with van der Waals surface area (Å²) < 4.78 is 27.7. The molecule has 258 valence electrons. The van der Waals surface area contributed by atoms with Crippen LogP contribution in [0.4, 0.5) is 10.2 Å². The SMILES string of the molecule is CCOC(=O)COc1nc(N2C[C@H]3CC[C@@H](C2)N3)c2cnc(-c3cc(O)cc4cccc(C#C[Si](C(C)C)(C(C)C)C(C)C)c34)c(F)c2n1. The summed E-state index contributed by atoms with van der Waals surface area (Å²) >= 11 is 0. The molecule has 2 fully saturated rings. The number of aromatic hydroxyl groups is 1. The predicted octanol–water partition coefficient (Wildman–Crippen LogP) is 7.14. The van der Waals surface area contributed by atoms with Crippen molar-refractivity contribution in [3.05, 3.63) is 47.9 Å². The molecule has 2 aromatic carbocycles. The van der Waals surface area contributed by atoms with Gasteiger partial charge in [-0.15, -0.1) is 5.54 Å². The average Bonchev–Trinajstić information content (AvgIpc) is 3.40. The van der Waals surface area contributed by atoms with E-state index in [9.17, 15) is 9.90 Å². The minimum atomic E-state index is -2.08. The summed E-state index contributed by atoms with van der Waals surface area (Å²) in [5.74, 6) is 2.80. The number of hydrogen-bond donors (Lipinski definition) is 2. The molecule has 6 rings (SSSR count). The third kappa shape index (κ3) is 6.56.